The van der Waals surface area contributed by atoms with E-state index >= 15 is 0 Å². The SMILES string of the molecule is COC(=O)C1(Cc2ccc(OCCCC3=C(C)OC(c4ccccc4)N3)cc2)CCCC1. The van der Waals surface area contributed by atoms with Gasteiger partial charge in [0.1, 0.15) is 11.5 Å². The van der Waals surface area contributed by atoms with Crippen LogP contribution in [0.5, 0.6) is 5.75 Å². The van der Waals surface area contributed by atoms with Crippen LogP contribution in [0.4, 0.5) is 0 Å². The van der Waals surface area contributed by atoms with Gasteiger partial charge in [-0.2, -0.15) is 0 Å². The number of nitrogens with one attached hydrogen (secondary N) is 1. The van der Waals surface area contributed by atoms with Crippen LogP contribution in [0.25, 0.3) is 0 Å². The summed E-state index contributed by atoms with van der Waals surface area (Å²) in [6.45, 7) is 2.65. The maximum atomic E-state index is 12.4. The Balaban J connectivity index is 1.23. The number of carbonyl (C=O) groups excluding carboxylic acids is 1. The quantitative estimate of drug-likeness (QED) is 0.406. The van der Waals surface area contributed by atoms with Gasteiger partial charge in [0.05, 0.1) is 24.8 Å². The molecule has 0 bridgehead atoms. The molecule has 1 atom stereocenters. The fraction of sp³-hybridized carbons (Fsp3) is 0.444. The zero-order valence-corrected chi connectivity index (χ0v) is 19.1. The van der Waals surface area contributed by atoms with Crippen molar-refractivity contribution >= 4 is 5.97 Å². The van der Waals surface area contributed by atoms with E-state index < -0.39 is 0 Å². The van der Waals surface area contributed by atoms with Crippen molar-refractivity contribution in [3.05, 3.63) is 77.2 Å². The summed E-state index contributed by atoms with van der Waals surface area (Å²) in [6.07, 6.45) is 6.43. The van der Waals surface area contributed by atoms with Crippen molar-refractivity contribution in [3.63, 3.8) is 0 Å². The van der Waals surface area contributed by atoms with Gasteiger partial charge in [0.15, 0.2) is 6.23 Å². The first kappa shape index (κ1) is 22.3. The molecule has 5 heteroatoms. The van der Waals surface area contributed by atoms with Crippen LogP contribution in [0.1, 0.15) is 62.8 Å². The van der Waals surface area contributed by atoms with Crippen molar-refractivity contribution < 1.29 is 19.0 Å². The molecule has 2 aliphatic rings. The molecule has 1 aliphatic heterocycles. The Morgan fingerprint density at radius 1 is 1.09 bits per heavy atom. The van der Waals surface area contributed by atoms with Crippen LogP contribution in [0.3, 0.4) is 0 Å². The molecule has 0 radical (unpaired) electrons. The molecule has 0 saturated heterocycles. The lowest BCUT2D eigenvalue weighted by atomic mass is 9.80. The zero-order valence-electron chi connectivity index (χ0n) is 19.1. The predicted octanol–water partition coefficient (Wildman–Crippen LogP) is 5.67. The van der Waals surface area contributed by atoms with Crippen LogP contribution in [0.2, 0.25) is 0 Å². The van der Waals surface area contributed by atoms with Crippen LogP contribution in [0, 0.1) is 5.41 Å². The molecule has 0 spiro atoms. The van der Waals surface area contributed by atoms with Crippen molar-refractivity contribution in [2.45, 2.75) is 58.1 Å². The summed E-state index contributed by atoms with van der Waals surface area (Å²) in [5.41, 5.74) is 3.08. The maximum absolute atomic E-state index is 12.4. The second kappa shape index (κ2) is 10.1. The zero-order chi connectivity index (χ0) is 22.4. The molecular formula is C27H33NO4. The highest BCUT2D eigenvalue weighted by Crippen LogP contribution is 2.42. The van der Waals surface area contributed by atoms with Crippen LogP contribution in [-0.2, 0) is 20.7 Å². The number of allylic oxidation sites excluding steroid dienone is 2. The Hall–Kier alpha value is -2.95. The molecule has 4 rings (SSSR count). The number of ether oxygens (including phenoxy) is 3. The highest BCUT2D eigenvalue weighted by atomic mass is 16.5. The lowest BCUT2D eigenvalue weighted by Crippen LogP contribution is -2.31. The molecule has 5 nitrogen and oxygen atoms in total. The molecule has 1 unspecified atom stereocenters. The van der Waals surface area contributed by atoms with Gasteiger partial charge in [-0.15, -0.1) is 0 Å². The summed E-state index contributed by atoms with van der Waals surface area (Å²) in [6, 6.07) is 18.3. The summed E-state index contributed by atoms with van der Waals surface area (Å²) in [5.74, 6) is 1.74. The van der Waals surface area contributed by atoms with Gasteiger partial charge < -0.3 is 19.5 Å². The van der Waals surface area contributed by atoms with E-state index in [0.29, 0.717) is 6.61 Å². The smallest absolute Gasteiger partial charge is 0.312 e. The number of hydrogen-bond acceptors (Lipinski definition) is 5. The van der Waals surface area contributed by atoms with Gasteiger partial charge in [0, 0.05) is 5.56 Å². The third kappa shape index (κ3) is 5.09. The van der Waals surface area contributed by atoms with Gasteiger partial charge in [0.25, 0.3) is 0 Å². The number of esters is 1. The van der Waals surface area contributed by atoms with E-state index in [0.717, 1.165) is 73.3 Å². The Bertz CT molecular complexity index is 930. The fourth-order valence-corrected chi connectivity index (χ4v) is 4.82. The maximum Gasteiger partial charge on any atom is 0.312 e. The lowest BCUT2D eigenvalue weighted by Gasteiger charge is -2.25. The molecule has 1 saturated carbocycles. The van der Waals surface area contributed by atoms with Gasteiger partial charge in [-0.05, 0) is 56.7 Å². The average molecular weight is 436 g/mol. The molecule has 32 heavy (non-hydrogen) atoms. The summed E-state index contributed by atoms with van der Waals surface area (Å²) in [7, 11) is 1.49. The molecule has 0 aromatic heterocycles. The lowest BCUT2D eigenvalue weighted by molar-refractivity contribution is -0.152. The summed E-state index contributed by atoms with van der Waals surface area (Å²) < 4.78 is 17.0. The van der Waals surface area contributed by atoms with E-state index in [4.69, 9.17) is 14.2 Å². The van der Waals surface area contributed by atoms with Crippen LogP contribution in [0.15, 0.2) is 66.1 Å². The van der Waals surface area contributed by atoms with Crippen LogP contribution in [-0.4, -0.2) is 19.7 Å². The molecular weight excluding hydrogens is 402 g/mol. The predicted molar refractivity (Wildman–Crippen MR) is 124 cm³/mol. The minimum Gasteiger partial charge on any atom is -0.494 e. The monoisotopic (exact) mass is 435 g/mol. The first-order chi connectivity index (χ1) is 15.6. The Labute approximate surface area is 190 Å². The highest BCUT2D eigenvalue weighted by Gasteiger charge is 2.42. The molecule has 1 heterocycles. The highest BCUT2D eigenvalue weighted by molar-refractivity contribution is 5.77. The first-order valence-corrected chi connectivity index (χ1v) is 11.6. The van der Waals surface area contributed by atoms with Gasteiger partial charge in [-0.1, -0.05) is 55.3 Å². The molecule has 170 valence electrons. The van der Waals surface area contributed by atoms with E-state index in [1.54, 1.807) is 0 Å². The van der Waals surface area contributed by atoms with Crippen molar-refractivity contribution in [1.29, 1.82) is 0 Å². The Kier molecular flexibility index (Phi) is 7.03. The molecule has 1 fully saturated rings. The van der Waals surface area contributed by atoms with E-state index in [-0.39, 0.29) is 17.6 Å². The molecule has 1 aliphatic carbocycles. The normalized spacial score (nSPS) is 19.4. The van der Waals surface area contributed by atoms with Crippen molar-refractivity contribution in [1.82, 2.24) is 5.32 Å². The largest absolute Gasteiger partial charge is 0.494 e. The minimum atomic E-state index is -0.351. The molecule has 2 aromatic rings. The van der Waals surface area contributed by atoms with Crippen LogP contribution < -0.4 is 10.1 Å². The Morgan fingerprint density at radius 2 is 1.81 bits per heavy atom. The van der Waals surface area contributed by atoms with E-state index in [9.17, 15) is 4.79 Å². The number of methoxy groups -OCH3 is 1. The molecule has 2 aromatic carbocycles. The van der Waals surface area contributed by atoms with Crippen molar-refractivity contribution in [2.75, 3.05) is 13.7 Å². The average Bonchev–Trinajstić information content (AvgIpc) is 3.45. The third-order valence-electron chi connectivity index (χ3n) is 6.61. The second-order valence-corrected chi connectivity index (χ2v) is 8.84. The number of rotatable bonds is 9. The third-order valence-corrected chi connectivity index (χ3v) is 6.61. The van der Waals surface area contributed by atoms with E-state index in [1.807, 2.05) is 37.3 Å². The second-order valence-electron chi connectivity index (χ2n) is 8.84. The Morgan fingerprint density at radius 3 is 2.50 bits per heavy atom. The summed E-state index contributed by atoms with van der Waals surface area (Å²) in [4.78, 5) is 12.4. The van der Waals surface area contributed by atoms with Gasteiger partial charge in [0.2, 0.25) is 0 Å². The van der Waals surface area contributed by atoms with Gasteiger partial charge in [-0.3, -0.25) is 4.79 Å². The summed E-state index contributed by atoms with van der Waals surface area (Å²) in [5, 5.41) is 3.48. The standard InChI is InChI=1S/C27H33NO4/c1-20-24(28-25(32-20)22-9-4-3-5-10-22)11-8-18-31-23-14-12-21(13-15-23)19-27(26(29)30-2)16-6-7-17-27/h3-5,9-10,12-15,25,28H,6-8,11,16-19H2,1-2H3. The minimum absolute atomic E-state index is 0.0704. The number of hydrogen-bond donors (Lipinski definition) is 1. The van der Waals surface area contributed by atoms with E-state index in [2.05, 4.69) is 29.6 Å². The fourth-order valence-electron chi connectivity index (χ4n) is 4.82. The van der Waals surface area contributed by atoms with Gasteiger partial charge >= 0.3 is 5.97 Å². The van der Waals surface area contributed by atoms with Crippen molar-refractivity contribution in [2.24, 2.45) is 5.41 Å². The van der Waals surface area contributed by atoms with Crippen molar-refractivity contribution in [3.8, 4) is 5.75 Å². The molecule has 0 amide bonds. The first-order valence-electron chi connectivity index (χ1n) is 11.6. The number of benzene rings is 2. The molecule has 1 N–H and O–H groups in total. The van der Waals surface area contributed by atoms with Crippen LogP contribution >= 0.6 is 0 Å². The topological polar surface area (TPSA) is 56.8 Å². The van der Waals surface area contributed by atoms with Gasteiger partial charge in [-0.25, -0.2) is 0 Å². The summed E-state index contributed by atoms with van der Waals surface area (Å²) >= 11 is 0. The van der Waals surface area contributed by atoms with E-state index in [1.165, 1.54) is 7.11 Å². The number of carbonyl (C=O) groups is 1.